The Morgan fingerprint density at radius 2 is 2.10 bits per heavy atom. The monoisotopic (exact) mass is 278 g/mol. The van der Waals surface area contributed by atoms with Crippen molar-refractivity contribution in [3.8, 4) is 5.88 Å². The number of rotatable bonds is 3. The molecule has 1 saturated carbocycles. The quantitative estimate of drug-likeness (QED) is 0.382. The number of hydrogen-bond acceptors (Lipinski definition) is 5. The van der Waals surface area contributed by atoms with E-state index >= 15 is 0 Å². The molecule has 3 N–H and O–H groups in total. The van der Waals surface area contributed by atoms with Crippen molar-refractivity contribution in [2.24, 2.45) is 16.8 Å². The molecule has 0 aliphatic heterocycles. The van der Waals surface area contributed by atoms with Gasteiger partial charge in [0.1, 0.15) is 6.10 Å². The summed E-state index contributed by atoms with van der Waals surface area (Å²) in [5.74, 6) is 1.03. The molecular formula is C14H22N4O2. The van der Waals surface area contributed by atoms with Crippen LogP contribution in [0.25, 0.3) is 0 Å². The van der Waals surface area contributed by atoms with Crippen LogP contribution in [0, 0.1) is 19.8 Å². The topological polar surface area (TPSA) is 93.6 Å². The van der Waals surface area contributed by atoms with Gasteiger partial charge < -0.3 is 15.7 Å². The lowest BCUT2D eigenvalue weighted by Gasteiger charge is -2.27. The first-order chi connectivity index (χ1) is 9.52. The molecule has 6 heteroatoms. The maximum absolute atomic E-state index is 8.94. The van der Waals surface area contributed by atoms with Crippen molar-refractivity contribution in [1.82, 2.24) is 10.2 Å². The fourth-order valence-electron chi connectivity index (χ4n) is 2.66. The molecule has 1 aromatic rings. The first kappa shape index (κ1) is 14.6. The van der Waals surface area contributed by atoms with Crippen LogP contribution in [0.5, 0.6) is 5.88 Å². The van der Waals surface area contributed by atoms with Gasteiger partial charge in [0.25, 0.3) is 0 Å². The van der Waals surface area contributed by atoms with E-state index in [1.807, 2.05) is 13.8 Å². The summed E-state index contributed by atoms with van der Waals surface area (Å²) in [6.07, 6.45) is 4.54. The van der Waals surface area contributed by atoms with Gasteiger partial charge >= 0.3 is 0 Å². The summed E-state index contributed by atoms with van der Waals surface area (Å²) in [4.78, 5) is 0. The molecule has 1 fully saturated rings. The van der Waals surface area contributed by atoms with Gasteiger partial charge in [0.05, 0.1) is 11.3 Å². The Kier molecular flexibility index (Phi) is 4.42. The van der Waals surface area contributed by atoms with Gasteiger partial charge in [0.2, 0.25) is 5.88 Å². The standard InChI is InChI=1S/C14H22N4O2/c1-8-5-4-6-11(7-8)20-14-12(13(15)18-19)9(2)10(3)16-17-14/h8,11,19H,4-7H2,1-3H3,(H2,15,18). The van der Waals surface area contributed by atoms with Crippen molar-refractivity contribution in [2.75, 3.05) is 0 Å². The molecule has 1 aliphatic rings. The lowest BCUT2D eigenvalue weighted by Crippen LogP contribution is -2.27. The van der Waals surface area contributed by atoms with Crippen molar-refractivity contribution in [3.05, 3.63) is 16.8 Å². The van der Waals surface area contributed by atoms with Crippen molar-refractivity contribution in [1.29, 1.82) is 0 Å². The second-order valence-corrected chi connectivity index (χ2v) is 5.59. The molecule has 110 valence electrons. The summed E-state index contributed by atoms with van der Waals surface area (Å²) in [5, 5.41) is 20.2. The highest BCUT2D eigenvalue weighted by Gasteiger charge is 2.24. The molecule has 1 aliphatic carbocycles. The van der Waals surface area contributed by atoms with E-state index < -0.39 is 0 Å². The molecule has 2 rings (SSSR count). The summed E-state index contributed by atoms with van der Waals surface area (Å²) in [7, 11) is 0. The van der Waals surface area contributed by atoms with Crippen molar-refractivity contribution >= 4 is 5.84 Å². The van der Waals surface area contributed by atoms with Gasteiger partial charge in [-0.05, 0) is 44.6 Å². The number of amidine groups is 1. The molecule has 6 nitrogen and oxygen atoms in total. The van der Waals surface area contributed by atoms with Crippen LogP contribution in [0.4, 0.5) is 0 Å². The predicted octanol–water partition coefficient (Wildman–Crippen LogP) is 2.15. The summed E-state index contributed by atoms with van der Waals surface area (Å²) >= 11 is 0. The van der Waals surface area contributed by atoms with Crippen LogP contribution in [-0.2, 0) is 0 Å². The molecule has 0 amide bonds. The molecule has 1 heterocycles. The number of nitrogens with two attached hydrogens (primary N) is 1. The van der Waals surface area contributed by atoms with Crippen molar-refractivity contribution < 1.29 is 9.94 Å². The highest BCUT2D eigenvalue weighted by atomic mass is 16.5. The predicted molar refractivity (Wildman–Crippen MR) is 76.1 cm³/mol. The molecule has 0 bridgehead atoms. The molecular weight excluding hydrogens is 256 g/mol. The summed E-state index contributed by atoms with van der Waals surface area (Å²) in [6, 6.07) is 0. The van der Waals surface area contributed by atoms with Gasteiger partial charge in [-0.2, -0.15) is 5.10 Å². The van der Waals surface area contributed by atoms with Crippen LogP contribution in [0.2, 0.25) is 0 Å². The third kappa shape index (κ3) is 3.00. The Morgan fingerprint density at radius 3 is 2.75 bits per heavy atom. The Bertz CT molecular complexity index is 516. The third-order valence-electron chi connectivity index (χ3n) is 3.95. The van der Waals surface area contributed by atoms with Crippen LogP contribution >= 0.6 is 0 Å². The Hall–Kier alpha value is -1.85. The van der Waals surface area contributed by atoms with Gasteiger partial charge in [-0.15, -0.1) is 5.10 Å². The SMILES string of the molecule is Cc1nnc(OC2CCCC(C)C2)c(/C(N)=N/O)c1C. The van der Waals surface area contributed by atoms with E-state index in [9.17, 15) is 0 Å². The zero-order valence-electron chi connectivity index (χ0n) is 12.3. The van der Waals surface area contributed by atoms with Crippen LogP contribution in [0.1, 0.15) is 49.4 Å². The van der Waals surface area contributed by atoms with Gasteiger partial charge in [-0.1, -0.05) is 18.5 Å². The number of oxime groups is 1. The number of aromatic nitrogens is 2. The van der Waals surface area contributed by atoms with Gasteiger partial charge in [0, 0.05) is 0 Å². The number of nitrogens with zero attached hydrogens (tertiary/aromatic N) is 3. The van der Waals surface area contributed by atoms with Crippen molar-refractivity contribution in [2.45, 2.75) is 52.6 Å². The number of ether oxygens (including phenoxy) is 1. The molecule has 2 atom stereocenters. The van der Waals surface area contributed by atoms with E-state index in [2.05, 4.69) is 22.3 Å². The Morgan fingerprint density at radius 1 is 1.35 bits per heavy atom. The minimum Gasteiger partial charge on any atom is -0.473 e. The highest BCUT2D eigenvalue weighted by Crippen LogP contribution is 2.29. The van der Waals surface area contributed by atoms with E-state index in [4.69, 9.17) is 15.7 Å². The molecule has 0 radical (unpaired) electrons. The van der Waals surface area contributed by atoms with Gasteiger partial charge in [-0.25, -0.2) is 0 Å². The molecule has 0 spiro atoms. The van der Waals surface area contributed by atoms with Crippen LogP contribution in [0.15, 0.2) is 5.16 Å². The number of hydrogen-bond donors (Lipinski definition) is 2. The third-order valence-corrected chi connectivity index (χ3v) is 3.95. The Balaban J connectivity index is 2.29. The summed E-state index contributed by atoms with van der Waals surface area (Å²) in [6.45, 7) is 5.93. The minimum absolute atomic E-state index is 0.0133. The van der Waals surface area contributed by atoms with Gasteiger partial charge in [-0.3, -0.25) is 0 Å². The Labute approximate surface area is 119 Å². The molecule has 20 heavy (non-hydrogen) atoms. The van der Waals surface area contributed by atoms with E-state index in [-0.39, 0.29) is 11.9 Å². The number of aryl methyl sites for hydroxylation is 1. The van der Waals surface area contributed by atoms with Gasteiger partial charge in [0.15, 0.2) is 5.84 Å². The smallest absolute Gasteiger partial charge is 0.245 e. The molecule has 1 aromatic heterocycles. The average Bonchev–Trinajstić information content (AvgIpc) is 2.42. The zero-order chi connectivity index (χ0) is 14.7. The van der Waals surface area contributed by atoms with E-state index in [0.29, 0.717) is 17.4 Å². The lowest BCUT2D eigenvalue weighted by atomic mass is 9.89. The second-order valence-electron chi connectivity index (χ2n) is 5.59. The fraction of sp³-hybridized carbons (Fsp3) is 0.643. The summed E-state index contributed by atoms with van der Waals surface area (Å²) < 4.78 is 5.97. The average molecular weight is 278 g/mol. The normalized spacial score (nSPS) is 23.6. The van der Waals surface area contributed by atoms with Crippen LogP contribution in [-0.4, -0.2) is 27.3 Å². The highest BCUT2D eigenvalue weighted by molar-refractivity contribution is 6.00. The fourth-order valence-corrected chi connectivity index (χ4v) is 2.66. The van der Waals surface area contributed by atoms with Crippen LogP contribution in [0.3, 0.4) is 0 Å². The second kappa shape index (κ2) is 6.07. The zero-order valence-corrected chi connectivity index (χ0v) is 12.3. The largest absolute Gasteiger partial charge is 0.473 e. The molecule has 0 saturated heterocycles. The molecule has 2 unspecified atom stereocenters. The van der Waals surface area contributed by atoms with E-state index in [1.54, 1.807) is 0 Å². The van der Waals surface area contributed by atoms with Crippen molar-refractivity contribution in [3.63, 3.8) is 0 Å². The first-order valence-electron chi connectivity index (χ1n) is 7.01. The molecule has 0 aromatic carbocycles. The summed E-state index contributed by atoms with van der Waals surface area (Å²) in [5.41, 5.74) is 7.86. The minimum atomic E-state index is 0.0133. The first-order valence-corrected chi connectivity index (χ1v) is 7.01. The maximum Gasteiger partial charge on any atom is 0.245 e. The lowest BCUT2D eigenvalue weighted by molar-refractivity contribution is 0.122. The van der Waals surface area contributed by atoms with Crippen LogP contribution < -0.4 is 10.5 Å². The van der Waals surface area contributed by atoms with E-state index in [0.717, 1.165) is 30.5 Å². The maximum atomic E-state index is 8.94. The van der Waals surface area contributed by atoms with E-state index in [1.165, 1.54) is 6.42 Å².